The number of halogens is 2. The van der Waals surface area contributed by atoms with Crippen LogP contribution in [0.5, 0.6) is 5.75 Å². The van der Waals surface area contributed by atoms with Crippen molar-refractivity contribution in [2.24, 2.45) is 5.10 Å². The summed E-state index contributed by atoms with van der Waals surface area (Å²) in [7, 11) is 0. The van der Waals surface area contributed by atoms with Gasteiger partial charge in [-0.1, -0.05) is 23.2 Å². The van der Waals surface area contributed by atoms with E-state index in [9.17, 15) is 9.90 Å². The molecule has 0 radical (unpaired) electrons. The number of rotatable bonds is 3. The minimum Gasteiger partial charge on any atom is -0.506 e. The number of aromatic hydroxyl groups is 1. The first-order chi connectivity index (χ1) is 9.90. The molecule has 2 N–H and O–H groups in total. The lowest BCUT2D eigenvalue weighted by Crippen LogP contribution is -2.19. The number of amides is 1. The first-order valence-corrected chi connectivity index (χ1v) is 6.73. The van der Waals surface area contributed by atoms with Crippen molar-refractivity contribution in [2.45, 2.75) is 13.8 Å². The lowest BCUT2D eigenvalue weighted by atomic mass is 10.1. The topological polar surface area (TPSA) is 74.8 Å². The molecule has 0 atom stereocenters. The normalized spacial score (nSPS) is 11.5. The summed E-state index contributed by atoms with van der Waals surface area (Å²) in [5.41, 5.74) is 3.48. The summed E-state index contributed by atoms with van der Waals surface area (Å²) in [5, 5.41) is 14.3. The van der Waals surface area contributed by atoms with Crippen LogP contribution in [0.2, 0.25) is 10.0 Å². The number of benzene rings is 1. The van der Waals surface area contributed by atoms with Gasteiger partial charge < -0.3 is 9.52 Å². The molecule has 7 heteroatoms. The Labute approximate surface area is 131 Å². The Morgan fingerprint density at radius 3 is 2.67 bits per heavy atom. The van der Waals surface area contributed by atoms with Gasteiger partial charge in [0.2, 0.25) is 0 Å². The summed E-state index contributed by atoms with van der Waals surface area (Å²) in [6.07, 6.45) is 1.42. The van der Waals surface area contributed by atoms with Crippen LogP contribution in [-0.4, -0.2) is 16.7 Å². The maximum Gasteiger partial charge on any atom is 0.274 e. The molecule has 0 aliphatic rings. The Morgan fingerprint density at radius 1 is 1.33 bits per heavy atom. The van der Waals surface area contributed by atoms with Crippen LogP contribution in [0.3, 0.4) is 0 Å². The van der Waals surface area contributed by atoms with Gasteiger partial charge in [-0.2, -0.15) is 5.10 Å². The minimum atomic E-state index is -0.409. The first-order valence-electron chi connectivity index (χ1n) is 5.97. The van der Waals surface area contributed by atoms with Crippen LogP contribution in [-0.2, 0) is 0 Å². The first kappa shape index (κ1) is 15.4. The van der Waals surface area contributed by atoms with E-state index < -0.39 is 5.91 Å². The van der Waals surface area contributed by atoms with E-state index in [1.165, 1.54) is 18.4 Å². The van der Waals surface area contributed by atoms with Crippen LogP contribution in [0.25, 0.3) is 0 Å². The average molecular weight is 327 g/mol. The summed E-state index contributed by atoms with van der Waals surface area (Å²) in [4.78, 5) is 11.9. The lowest BCUT2D eigenvalue weighted by molar-refractivity contribution is 0.0953. The quantitative estimate of drug-likeness (QED) is 0.666. The maximum absolute atomic E-state index is 11.9. The predicted molar refractivity (Wildman–Crippen MR) is 81.2 cm³/mol. The zero-order chi connectivity index (χ0) is 15.6. The fourth-order valence-corrected chi connectivity index (χ4v) is 2.21. The van der Waals surface area contributed by atoms with Crippen LogP contribution >= 0.6 is 23.2 Å². The second-order valence-corrected chi connectivity index (χ2v) is 5.16. The van der Waals surface area contributed by atoms with Crippen molar-refractivity contribution in [1.29, 1.82) is 0 Å². The number of hydrazone groups is 1. The van der Waals surface area contributed by atoms with Crippen LogP contribution in [0.1, 0.15) is 28.6 Å². The van der Waals surface area contributed by atoms with Gasteiger partial charge in [-0.25, -0.2) is 5.43 Å². The van der Waals surface area contributed by atoms with Crippen LogP contribution in [0, 0.1) is 6.92 Å². The molecule has 1 amide bonds. The van der Waals surface area contributed by atoms with Crippen LogP contribution in [0.4, 0.5) is 0 Å². The molecule has 110 valence electrons. The predicted octanol–water partition coefficient (Wildman–Crippen LogP) is 3.75. The molecule has 2 rings (SSSR count). The average Bonchev–Trinajstić information content (AvgIpc) is 2.86. The van der Waals surface area contributed by atoms with Crippen LogP contribution < -0.4 is 5.43 Å². The van der Waals surface area contributed by atoms with Crippen LogP contribution in [0.15, 0.2) is 34.0 Å². The Morgan fingerprint density at radius 2 is 2.05 bits per heavy atom. The zero-order valence-electron chi connectivity index (χ0n) is 11.3. The molecular formula is C14H12Cl2N2O3. The van der Waals surface area contributed by atoms with E-state index in [1.54, 1.807) is 19.9 Å². The van der Waals surface area contributed by atoms with Crippen molar-refractivity contribution in [3.8, 4) is 5.75 Å². The van der Waals surface area contributed by atoms with Gasteiger partial charge >= 0.3 is 0 Å². The molecule has 0 aliphatic carbocycles. The third kappa shape index (κ3) is 3.37. The summed E-state index contributed by atoms with van der Waals surface area (Å²) in [6, 6.07) is 4.47. The number of hydrogen-bond donors (Lipinski definition) is 2. The van der Waals surface area contributed by atoms with Gasteiger partial charge in [0.05, 0.1) is 22.6 Å². The Kier molecular flexibility index (Phi) is 4.55. The zero-order valence-corrected chi connectivity index (χ0v) is 12.8. The van der Waals surface area contributed by atoms with Crippen molar-refractivity contribution < 1.29 is 14.3 Å². The second kappa shape index (κ2) is 6.20. The number of phenols is 1. The molecular weight excluding hydrogens is 315 g/mol. The van der Waals surface area contributed by atoms with Gasteiger partial charge in [0.1, 0.15) is 11.5 Å². The number of carbonyl (C=O) groups is 1. The monoisotopic (exact) mass is 326 g/mol. The SMILES string of the molecule is CC(=NNC(=O)c1ccoc1C)c1cc(Cl)cc(Cl)c1O. The summed E-state index contributed by atoms with van der Waals surface area (Å²) >= 11 is 11.7. The molecule has 0 saturated carbocycles. The molecule has 0 fully saturated rings. The highest BCUT2D eigenvalue weighted by Crippen LogP contribution is 2.31. The standard InChI is InChI=1S/C14H12Cl2N2O3/c1-7(11-5-9(15)6-12(16)13(11)19)17-18-14(20)10-3-4-21-8(10)2/h3-6,19H,1-2H3,(H,18,20). The highest BCUT2D eigenvalue weighted by molar-refractivity contribution is 6.36. The van der Waals surface area contributed by atoms with E-state index in [0.717, 1.165) is 0 Å². The van der Waals surface area contributed by atoms with Gasteiger partial charge in [0.25, 0.3) is 5.91 Å². The Balaban J connectivity index is 2.23. The van der Waals surface area contributed by atoms with E-state index in [0.29, 0.717) is 27.6 Å². The van der Waals surface area contributed by atoms with E-state index in [-0.39, 0.29) is 10.8 Å². The largest absolute Gasteiger partial charge is 0.506 e. The minimum absolute atomic E-state index is 0.115. The molecule has 1 heterocycles. The number of hydrogen-bond acceptors (Lipinski definition) is 4. The van der Waals surface area contributed by atoms with Gasteiger partial charge in [0, 0.05) is 10.6 Å². The highest BCUT2D eigenvalue weighted by atomic mass is 35.5. The Bertz CT molecular complexity index is 723. The molecule has 0 saturated heterocycles. The smallest absolute Gasteiger partial charge is 0.274 e. The molecule has 1 aromatic carbocycles. The number of phenolic OH excluding ortho intramolecular Hbond substituents is 1. The van der Waals surface area contributed by atoms with Gasteiger partial charge in [-0.15, -0.1) is 0 Å². The number of nitrogens with zero attached hydrogens (tertiary/aromatic N) is 1. The van der Waals surface area contributed by atoms with Gasteiger partial charge in [-0.05, 0) is 32.0 Å². The molecule has 1 aromatic heterocycles. The summed E-state index contributed by atoms with van der Waals surface area (Å²) in [6.45, 7) is 3.29. The fourth-order valence-electron chi connectivity index (χ4n) is 1.72. The molecule has 0 unspecified atom stereocenters. The van der Waals surface area contributed by atoms with E-state index in [4.69, 9.17) is 27.6 Å². The number of aryl methyl sites for hydroxylation is 1. The third-order valence-corrected chi connectivity index (χ3v) is 3.35. The second-order valence-electron chi connectivity index (χ2n) is 4.31. The van der Waals surface area contributed by atoms with Crippen molar-refractivity contribution in [2.75, 3.05) is 0 Å². The molecule has 2 aromatic rings. The van der Waals surface area contributed by atoms with Gasteiger partial charge in [0.15, 0.2) is 0 Å². The van der Waals surface area contributed by atoms with E-state index >= 15 is 0 Å². The molecule has 5 nitrogen and oxygen atoms in total. The summed E-state index contributed by atoms with van der Waals surface area (Å²) < 4.78 is 5.04. The highest BCUT2D eigenvalue weighted by Gasteiger charge is 2.13. The van der Waals surface area contributed by atoms with Crippen molar-refractivity contribution in [1.82, 2.24) is 5.43 Å². The van der Waals surface area contributed by atoms with E-state index in [2.05, 4.69) is 10.5 Å². The van der Waals surface area contributed by atoms with Gasteiger partial charge in [-0.3, -0.25) is 4.79 Å². The third-order valence-electron chi connectivity index (χ3n) is 2.85. The number of furan rings is 1. The van der Waals surface area contributed by atoms with Crippen molar-refractivity contribution >= 4 is 34.8 Å². The lowest BCUT2D eigenvalue weighted by Gasteiger charge is -2.07. The van der Waals surface area contributed by atoms with Crippen molar-refractivity contribution in [3.05, 3.63) is 51.4 Å². The Hall–Kier alpha value is -1.98. The molecule has 21 heavy (non-hydrogen) atoms. The number of nitrogens with one attached hydrogen (secondary N) is 1. The van der Waals surface area contributed by atoms with E-state index in [1.807, 2.05) is 0 Å². The maximum atomic E-state index is 11.9. The molecule has 0 aliphatic heterocycles. The fraction of sp³-hybridized carbons (Fsp3) is 0.143. The molecule has 0 bridgehead atoms. The number of carbonyl (C=O) groups excluding carboxylic acids is 1. The molecule has 0 spiro atoms. The van der Waals surface area contributed by atoms with Crippen molar-refractivity contribution in [3.63, 3.8) is 0 Å². The summed E-state index contributed by atoms with van der Waals surface area (Å²) in [5.74, 6) is -0.0572.